The molecule has 5 nitrogen and oxygen atoms in total. The number of aliphatic hydroxyl groups is 1. The predicted octanol–water partition coefficient (Wildman–Crippen LogP) is 3.05. The molecule has 0 aliphatic carbocycles. The summed E-state index contributed by atoms with van der Waals surface area (Å²) in [6.45, 7) is 5.21. The maximum absolute atomic E-state index is 12.1. The molecule has 0 saturated carbocycles. The van der Waals surface area contributed by atoms with E-state index in [1.807, 2.05) is 49.4 Å². The fourth-order valence-corrected chi connectivity index (χ4v) is 3.42. The quantitative estimate of drug-likeness (QED) is 0.671. The Morgan fingerprint density at radius 2 is 1.93 bits per heavy atom. The van der Waals surface area contributed by atoms with Crippen molar-refractivity contribution in [2.24, 2.45) is 0 Å². The summed E-state index contributed by atoms with van der Waals surface area (Å²) in [6, 6.07) is 18.1. The number of rotatable bonds is 8. The third-order valence-electron chi connectivity index (χ3n) is 4.91. The molecule has 3 rings (SSSR count). The molecule has 144 valence electrons. The Kier molecular flexibility index (Phi) is 6.85. The monoisotopic (exact) mass is 367 g/mol. The Morgan fingerprint density at radius 3 is 2.56 bits per heavy atom. The van der Waals surface area contributed by atoms with Gasteiger partial charge in [0.1, 0.15) is 0 Å². The summed E-state index contributed by atoms with van der Waals surface area (Å²) in [5, 5.41) is 16.3. The van der Waals surface area contributed by atoms with E-state index >= 15 is 0 Å². The van der Waals surface area contributed by atoms with Gasteiger partial charge in [0.05, 0.1) is 12.1 Å². The van der Waals surface area contributed by atoms with E-state index in [4.69, 9.17) is 0 Å². The lowest BCUT2D eigenvalue weighted by atomic mass is 10.1. The lowest BCUT2D eigenvalue weighted by molar-refractivity contribution is 0.0953. The second-order valence-corrected chi connectivity index (χ2v) is 7.14. The molecule has 0 radical (unpaired) electrons. The maximum Gasteiger partial charge on any atom is 0.251 e. The van der Waals surface area contributed by atoms with E-state index in [1.165, 1.54) is 5.56 Å². The minimum absolute atomic E-state index is 0.0333. The molecule has 1 aliphatic heterocycles. The molecule has 5 heteroatoms. The van der Waals surface area contributed by atoms with Gasteiger partial charge in [-0.05, 0) is 42.7 Å². The van der Waals surface area contributed by atoms with Crippen molar-refractivity contribution in [3.05, 3.63) is 65.7 Å². The molecule has 27 heavy (non-hydrogen) atoms. The Labute approximate surface area is 161 Å². The third-order valence-corrected chi connectivity index (χ3v) is 4.91. The zero-order chi connectivity index (χ0) is 19.1. The number of β-amino-alcohol motifs (C(OH)–C–C–N with tert-alkyl or cyclic N) is 1. The molecule has 1 heterocycles. The summed E-state index contributed by atoms with van der Waals surface area (Å²) in [6.07, 6.45) is 1.54. The number of anilines is 1. The van der Waals surface area contributed by atoms with E-state index in [0.717, 1.165) is 38.2 Å². The summed E-state index contributed by atoms with van der Waals surface area (Å²) in [5.74, 6) is -0.0333. The van der Waals surface area contributed by atoms with Crippen LogP contribution >= 0.6 is 0 Å². The van der Waals surface area contributed by atoms with Gasteiger partial charge >= 0.3 is 0 Å². The highest BCUT2D eigenvalue weighted by molar-refractivity contribution is 5.94. The molecular weight excluding hydrogens is 338 g/mol. The highest BCUT2D eigenvalue weighted by Gasteiger charge is 2.23. The van der Waals surface area contributed by atoms with Gasteiger partial charge in [0.25, 0.3) is 5.91 Å². The highest BCUT2D eigenvalue weighted by atomic mass is 16.3. The number of benzene rings is 2. The summed E-state index contributed by atoms with van der Waals surface area (Å²) >= 11 is 0. The van der Waals surface area contributed by atoms with Gasteiger partial charge in [-0.15, -0.1) is 0 Å². The van der Waals surface area contributed by atoms with Crippen molar-refractivity contribution in [3.63, 3.8) is 0 Å². The maximum atomic E-state index is 12.1. The summed E-state index contributed by atoms with van der Waals surface area (Å²) in [4.78, 5) is 14.4. The van der Waals surface area contributed by atoms with Crippen molar-refractivity contribution >= 4 is 11.6 Å². The number of amides is 1. The van der Waals surface area contributed by atoms with Gasteiger partial charge in [-0.3, -0.25) is 9.69 Å². The van der Waals surface area contributed by atoms with E-state index in [2.05, 4.69) is 27.7 Å². The van der Waals surface area contributed by atoms with Crippen LogP contribution in [0.1, 0.15) is 41.7 Å². The van der Waals surface area contributed by atoms with Crippen molar-refractivity contribution in [1.29, 1.82) is 0 Å². The Hall–Kier alpha value is -2.37. The molecule has 1 fully saturated rings. The lowest BCUT2D eigenvalue weighted by Crippen LogP contribution is -2.30. The molecule has 0 bridgehead atoms. The first-order chi connectivity index (χ1) is 13.2. The van der Waals surface area contributed by atoms with E-state index in [9.17, 15) is 9.90 Å². The Bertz CT molecular complexity index is 718. The van der Waals surface area contributed by atoms with E-state index in [1.54, 1.807) is 0 Å². The number of hydrogen-bond acceptors (Lipinski definition) is 4. The summed E-state index contributed by atoms with van der Waals surface area (Å²) in [5.41, 5.74) is 2.87. The molecule has 0 spiro atoms. The zero-order valence-corrected chi connectivity index (χ0v) is 15.9. The van der Waals surface area contributed by atoms with Crippen LogP contribution in [0, 0.1) is 0 Å². The molecule has 0 aromatic heterocycles. The molecule has 1 saturated heterocycles. The molecular formula is C22H29N3O2. The van der Waals surface area contributed by atoms with E-state index in [0.29, 0.717) is 12.1 Å². The largest absolute Gasteiger partial charge is 0.392 e. The average molecular weight is 367 g/mol. The van der Waals surface area contributed by atoms with Crippen LogP contribution in [0.5, 0.6) is 0 Å². The van der Waals surface area contributed by atoms with Crippen LogP contribution in [0.2, 0.25) is 0 Å². The predicted molar refractivity (Wildman–Crippen MR) is 109 cm³/mol. The first-order valence-electron chi connectivity index (χ1n) is 9.76. The molecule has 2 atom stereocenters. The number of likely N-dealkylation sites (tertiary alicyclic amines) is 1. The first-order valence-corrected chi connectivity index (χ1v) is 9.76. The molecule has 2 aromatic rings. The Morgan fingerprint density at radius 1 is 1.19 bits per heavy atom. The van der Waals surface area contributed by atoms with Crippen LogP contribution in [-0.2, 0) is 0 Å². The van der Waals surface area contributed by atoms with Crippen LogP contribution in [0.15, 0.2) is 54.6 Å². The minimum atomic E-state index is -0.220. The van der Waals surface area contributed by atoms with E-state index in [-0.39, 0.29) is 18.1 Å². The number of nitrogens with one attached hydrogen (secondary N) is 2. The van der Waals surface area contributed by atoms with Crippen molar-refractivity contribution in [2.45, 2.75) is 31.9 Å². The number of nitrogens with zero attached hydrogens (tertiary/aromatic N) is 1. The summed E-state index contributed by atoms with van der Waals surface area (Å²) in [7, 11) is 0. The van der Waals surface area contributed by atoms with Crippen molar-refractivity contribution in [3.8, 4) is 0 Å². The molecule has 2 unspecified atom stereocenters. The first kappa shape index (κ1) is 19.4. The smallest absolute Gasteiger partial charge is 0.251 e. The fraction of sp³-hybridized carbons (Fsp3) is 0.409. The van der Waals surface area contributed by atoms with Gasteiger partial charge in [-0.2, -0.15) is 0 Å². The van der Waals surface area contributed by atoms with E-state index < -0.39 is 0 Å². The SMILES string of the molecule is CCCNC(=O)c1ccc(NC(CN2CCC(O)C2)c2ccccc2)cc1. The third kappa shape index (κ3) is 5.55. The van der Waals surface area contributed by atoms with Crippen molar-refractivity contribution < 1.29 is 9.90 Å². The molecule has 3 N–H and O–H groups in total. The van der Waals surface area contributed by atoms with Gasteiger partial charge in [-0.25, -0.2) is 0 Å². The highest BCUT2D eigenvalue weighted by Crippen LogP contribution is 2.23. The number of aliphatic hydroxyl groups excluding tert-OH is 1. The zero-order valence-electron chi connectivity index (χ0n) is 15.9. The van der Waals surface area contributed by atoms with Gasteiger partial charge in [0.15, 0.2) is 0 Å². The standard InChI is InChI=1S/C22H29N3O2/c1-2-13-23-22(27)18-8-10-19(11-9-18)24-21(17-6-4-3-5-7-17)16-25-14-12-20(26)15-25/h3-11,20-21,24,26H,2,12-16H2,1H3,(H,23,27). The number of carbonyl (C=O) groups is 1. The lowest BCUT2D eigenvalue weighted by Gasteiger charge is -2.26. The van der Waals surface area contributed by atoms with Gasteiger partial charge in [0, 0.05) is 37.4 Å². The number of hydrogen-bond donors (Lipinski definition) is 3. The van der Waals surface area contributed by atoms with Crippen LogP contribution in [0.3, 0.4) is 0 Å². The van der Waals surface area contributed by atoms with Crippen LogP contribution in [0.4, 0.5) is 5.69 Å². The van der Waals surface area contributed by atoms with Gasteiger partial charge in [0.2, 0.25) is 0 Å². The summed E-state index contributed by atoms with van der Waals surface area (Å²) < 4.78 is 0. The van der Waals surface area contributed by atoms with Gasteiger partial charge in [-0.1, -0.05) is 37.3 Å². The Balaban J connectivity index is 1.69. The minimum Gasteiger partial charge on any atom is -0.392 e. The van der Waals surface area contributed by atoms with Crippen molar-refractivity contribution in [1.82, 2.24) is 10.2 Å². The average Bonchev–Trinajstić information content (AvgIpc) is 3.11. The molecule has 2 aromatic carbocycles. The second kappa shape index (κ2) is 9.53. The normalized spacial score (nSPS) is 18.2. The fourth-order valence-electron chi connectivity index (χ4n) is 3.42. The second-order valence-electron chi connectivity index (χ2n) is 7.14. The van der Waals surface area contributed by atoms with Crippen LogP contribution in [-0.4, -0.2) is 48.2 Å². The topological polar surface area (TPSA) is 64.6 Å². The van der Waals surface area contributed by atoms with Crippen LogP contribution < -0.4 is 10.6 Å². The molecule has 1 amide bonds. The number of carbonyl (C=O) groups excluding carboxylic acids is 1. The molecule has 1 aliphatic rings. The van der Waals surface area contributed by atoms with Crippen LogP contribution in [0.25, 0.3) is 0 Å². The van der Waals surface area contributed by atoms with Crippen molar-refractivity contribution in [2.75, 3.05) is 31.5 Å². The van der Waals surface area contributed by atoms with Gasteiger partial charge < -0.3 is 15.7 Å².